The normalized spacial score (nSPS) is 10.5. The molecule has 0 atom stereocenters. The smallest absolute Gasteiger partial charge is 0.131 e. The van der Waals surface area contributed by atoms with Gasteiger partial charge in [-0.2, -0.15) is 0 Å². The quantitative estimate of drug-likeness (QED) is 0.671. The van der Waals surface area contributed by atoms with E-state index in [0.717, 1.165) is 24.4 Å². The van der Waals surface area contributed by atoms with E-state index in [1.54, 1.807) is 6.20 Å². The van der Waals surface area contributed by atoms with Gasteiger partial charge in [0, 0.05) is 25.4 Å². The van der Waals surface area contributed by atoms with E-state index in [-0.39, 0.29) is 0 Å². The lowest BCUT2D eigenvalue weighted by atomic mass is 10.3. The Labute approximate surface area is 103 Å². The molecular weight excluding hydrogens is 216 g/mol. The summed E-state index contributed by atoms with van der Waals surface area (Å²) in [5, 5.41) is 3.04. The first kappa shape index (κ1) is 13.9. The average Bonchev–Trinajstić information content (AvgIpc) is 2.38. The summed E-state index contributed by atoms with van der Waals surface area (Å²) in [5.74, 6) is 0.874. The maximum Gasteiger partial charge on any atom is 0.131 e. The second-order valence-corrected chi connectivity index (χ2v) is 3.78. The number of nitrogens with zero attached hydrogens (tertiary/aromatic N) is 1. The van der Waals surface area contributed by atoms with Crippen LogP contribution in [-0.2, 0) is 16.1 Å². The second-order valence-electron chi connectivity index (χ2n) is 3.78. The molecule has 0 bridgehead atoms. The fourth-order valence-corrected chi connectivity index (χ4v) is 1.43. The summed E-state index contributed by atoms with van der Waals surface area (Å²) in [7, 11) is 1.86. The van der Waals surface area contributed by atoms with Gasteiger partial charge in [-0.1, -0.05) is 19.4 Å². The van der Waals surface area contributed by atoms with Crippen LogP contribution in [0.4, 0.5) is 5.82 Å². The minimum Gasteiger partial charge on any atom is -0.379 e. The van der Waals surface area contributed by atoms with Gasteiger partial charge in [-0.05, 0) is 12.5 Å². The Hall–Kier alpha value is -1.13. The van der Waals surface area contributed by atoms with Crippen molar-refractivity contribution in [3.05, 3.63) is 23.9 Å². The third kappa shape index (κ3) is 5.65. The fourth-order valence-electron chi connectivity index (χ4n) is 1.43. The minimum atomic E-state index is 0.571. The molecule has 1 aromatic rings. The summed E-state index contributed by atoms with van der Waals surface area (Å²) in [6.45, 7) is 4.84. The molecule has 17 heavy (non-hydrogen) atoms. The number of ether oxygens (including phenoxy) is 2. The van der Waals surface area contributed by atoms with E-state index in [1.807, 2.05) is 19.2 Å². The van der Waals surface area contributed by atoms with Gasteiger partial charge in [0.25, 0.3) is 0 Å². The van der Waals surface area contributed by atoms with E-state index in [1.165, 1.54) is 6.42 Å². The molecule has 0 aliphatic heterocycles. The van der Waals surface area contributed by atoms with Crippen molar-refractivity contribution in [1.29, 1.82) is 0 Å². The standard InChI is InChI=1S/C13H22N2O2/c1-3-4-8-16-9-10-17-11-12-6-5-7-15-13(12)14-2/h5-7H,3-4,8-11H2,1-2H3,(H,14,15). The van der Waals surface area contributed by atoms with Crippen LogP contribution in [0.3, 0.4) is 0 Å². The molecule has 0 aliphatic rings. The maximum atomic E-state index is 5.54. The number of anilines is 1. The predicted octanol–water partition coefficient (Wildman–Crippen LogP) is 2.46. The number of hydrogen-bond acceptors (Lipinski definition) is 4. The van der Waals surface area contributed by atoms with E-state index in [9.17, 15) is 0 Å². The topological polar surface area (TPSA) is 43.4 Å². The van der Waals surface area contributed by atoms with Crippen molar-refractivity contribution < 1.29 is 9.47 Å². The molecule has 0 aliphatic carbocycles. The molecule has 0 radical (unpaired) electrons. The van der Waals surface area contributed by atoms with Gasteiger partial charge in [0.2, 0.25) is 0 Å². The van der Waals surface area contributed by atoms with E-state index in [4.69, 9.17) is 9.47 Å². The lowest BCUT2D eigenvalue weighted by Gasteiger charge is -2.08. The summed E-state index contributed by atoms with van der Waals surface area (Å²) in [5.41, 5.74) is 1.07. The largest absolute Gasteiger partial charge is 0.379 e. The van der Waals surface area contributed by atoms with Crippen LogP contribution in [0, 0.1) is 0 Å². The SMILES string of the molecule is CCCCOCCOCc1cccnc1NC. The second kappa shape index (κ2) is 8.96. The van der Waals surface area contributed by atoms with Gasteiger partial charge < -0.3 is 14.8 Å². The number of hydrogen-bond donors (Lipinski definition) is 1. The van der Waals surface area contributed by atoms with Crippen molar-refractivity contribution in [1.82, 2.24) is 4.98 Å². The molecule has 1 N–H and O–H groups in total. The van der Waals surface area contributed by atoms with Crippen LogP contribution in [0.1, 0.15) is 25.3 Å². The first-order valence-corrected chi connectivity index (χ1v) is 6.15. The number of aromatic nitrogens is 1. The zero-order chi connectivity index (χ0) is 12.3. The summed E-state index contributed by atoms with van der Waals surface area (Å²) in [6.07, 6.45) is 4.05. The van der Waals surface area contributed by atoms with Crippen LogP contribution < -0.4 is 5.32 Å². The van der Waals surface area contributed by atoms with Crippen LogP contribution in [0.25, 0.3) is 0 Å². The van der Waals surface area contributed by atoms with Crippen LogP contribution >= 0.6 is 0 Å². The number of rotatable bonds is 9. The van der Waals surface area contributed by atoms with Crippen LogP contribution in [0.15, 0.2) is 18.3 Å². The highest BCUT2D eigenvalue weighted by molar-refractivity contribution is 5.42. The van der Waals surface area contributed by atoms with Crippen molar-refractivity contribution >= 4 is 5.82 Å². The zero-order valence-electron chi connectivity index (χ0n) is 10.7. The first-order valence-electron chi connectivity index (χ1n) is 6.15. The first-order chi connectivity index (χ1) is 8.38. The Bertz CT molecular complexity index is 305. The van der Waals surface area contributed by atoms with Gasteiger partial charge in [0.15, 0.2) is 0 Å². The van der Waals surface area contributed by atoms with E-state index in [0.29, 0.717) is 19.8 Å². The average molecular weight is 238 g/mol. The van der Waals surface area contributed by atoms with Gasteiger partial charge in [-0.25, -0.2) is 4.98 Å². The Balaban J connectivity index is 2.13. The number of pyridine rings is 1. The molecule has 0 amide bonds. The zero-order valence-corrected chi connectivity index (χ0v) is 10.7. The number of unbranched alkanes of at least 4 members (excludes halogenated alkanes) is 1. The van der Waals surface area contributed by atoms with Crippen LogP contribution in [-0.4, -0.2) is 31.9 Å². The van der Waals surface area contributed by atoms with E-state index >= 15 is 0 Å². The Morgan fingerprint density at radius 2 is 2.06 bits per heavy atom. The Kier molecular flexibility index (Phi) is 7.34. The molecule has 4 nitrogen and oxygen atoms in total. The molecule has 1 aromatic heterocycles. The fraction of sp³-hybridized carbons (Fsp3) is 0.615. The van der Waals surface area contributed by atoms with Crippen molar-refractivity contribution in [2.75, 3.05) is 32.2 Å². The summed E-state index contributed by atoms with van der Waals surface area (Å²) in [4.78, 5) is 4.21. The summed E-state index contributed by atoms with van der Waals surface area (Å²) >= 11 is 0. The highest BCUT2D eigenvalue weighted by Crippen LogP contribution is 2.11. The van der Waals surface area contributed by atoms with Crippen molar-refractivity contribution in [2.24, 2.45) is 0 Å². The molecule has 4 heteroatoms. The summed E-state index contributed by atoms with van der Waals surface area (Å²) in [6, 6.07) is 3.92. The summed E-state index contributed by atoms with van der Waals surface area (Å²) < 4.78 is 10.9. The third-order valence-corrected chi connectivity index (χ3v) is 2.40. The van der Waals surface area contributed by atoms with Gasteiger partial charge in [0.05, 0.1) is 19.8 Å². The van der Waals surface area contributed by atoms with Crippen LogP contribution in [0.2, 0.25) is 0 Å². The molecule has 1 rings (SSSR count). The molecular formula is C13H22N2O2. The van der Waals surface area contributed by atoms with Crippen molar-refractivity contribution in [3.63, 3.8) is 0 Å². The van der Waals surface area contributed by atoms with E-state index in [2.05, 4.69) is 17.2 Å². The van der Waals surface area contributed by atoms with Crippen molar-refractivity contribution in [2.45, 2.75) is 26.4 Å². The Morgan fingerprint density at radius 1 is 1.24 bits per heavy atom. The Morgan fingerprint density at radius 3 is 2.82 bits per heavy atom. The third-order valence-electron chi connectivity index (χ3n) is 2.40. The van der Waals surface area contributed by atoms with Crippen molar-refractivity contribution in [3.8, 4) is 0 Å². The molecule has 0 aromatic carbocycles. The van der Waals surface area contributed by atoms with Gasteiger partial charge >= 0.3 is 0 Å². The molecule has 0 fully saturated rings. The minimum absolute atomic E-state index is 0.571. The highest BCUT2D eigenvalue weighted by atomic mass is 16.5. The lowest BCUT2D eigenvalue weighted by Crippen LogP contribution is -2.06. The lowest BCUT2D eigenvalue weighted by molar-refractivity contribution is 0.0398. The molecule has 1 heterocycles. The van der Waals surface area contributed by atoms with Gasteiger partial charge in [-0.15, -0.1) is 0 Å². The van der Waals surface area contributed by atoms with Crippen LogP contribution in [0.5, 0.6) is 0 Å². The molecule has 0 unspecified atom stereocenters. The predicted molar refractivity (Wildman–Crippen MR) is 69.2 cm³/mol. The van der Waals surface area contributed by atoms with Gasteiger partial charge in [-0.3, -0.25) is 0 Å². The molecule has 0 spiro atoms. The molecule has 96 valence electrons. The monoisotopic (exact) mass is 238 g/mol. The highest BCUT2D eigenvalue weighted by Gasteiger charge is 2.00. The molecule has 0 saturated heterocycles. The number of nitrogens with one attached hydrogen (secondary N) is 1. The van der Waals surface area contributed by atoms with Gasteiger partial charge in [0.1, 0.15) is 5.82 Å². The molecule has 0 saturated carbocycles. The maximum absolute atomic E-state index is 5.54. The van der Waals surface area contributed by atoms with E-state index < -0.39 is 0 Å².